The highest BCUT2D eigenvalue weighted by Gasteiger charge is 2.34. The zero-order valence-electron chi connectivity index (χ0n) is 6.18. The minimum absolute atomic E-state index is 0.0139. The van der Waals surface area contributed by atoms with E-state index in [2.05, 4.69) is 13.8 Å². The Morgan fingerprint density at radius 1 is 1.67 bits per heavy atom. The third-order valence-electron chi connectivity index (χ3n) is 2.75. The highest BCUT2D eigenvalue weighted by atomic mass is 16.1. The van der Waals surface area contributed by atoms with Gasteiger partial charge < -0.3 is 4.79 Å². The normalized spacial score (nSPS) is 43.1. The van der Waals surface area contributed by atoms with E-state index in [-0.39, 0.29) is 5.41 Å². The molecule has 0 amide bonds. The molecule has 1 rings (SSSR count). The molecule has 0 aromatic rings. The second-order valence-corrected chi connectivity index (χ2v) is 3.42. The Bertz CT molecular complexity index is 120. The summed E-state index contributed by atoms with van der Waals surface area (Å²) in [5.41, 5.74) is 0.0139. The zero-order valence-corrected chi connectivity index (χ0v) is 6.18. The monoisotopic (exact) mass is 126 g/mol. The molecule has 1 heteroatoms. The zero-order chi connectivity index (χ0) is 6.91. The summed E-state index contributed by atoms with van der Waals surface area (Å²) < 4.78 is 0. The summed E-state index contributed by atoms with van der Waals surface area (Å²) in [5.74, 6) is 0.606. The first-order valence-corrected chi connectivity index (χ1v) is 3.65. The molecule has 1 saturated carbocycles. The Hall–Kier alpha value is -0.330. The molecule has 2 atom stereocenters. The molecule has 52 valence electrons. The molecular weight excluding hydrogens is 112 g/mol. The fourth-order valence-electron chi connectivity index (χ4n) is 1.54. The van der Waals surface area contributed by atoms with Crippen molar-refractivity contribution in [1.82, 2.24) is 0 Å². The first-order chi connectivity index (χ1) is 4.19. The molecule has 0 aliphatic heterocycles. The van der Waals surface area contributed by atoms with Gasteiger partial charge in [0.15, 0.2) is 0 Å². The van der Waals surface area contributed by atoms with Crippen molar-refractivity contribution in [3.05, 3.63) is 0 Å². The van der Waals surface area contributed by atoms with Gasteiger partial charge in [-0.05, 0) is 18.8 Å². The summed E-state index contributed by atoms with van der Waals surface area (Å²) in [7, 11) is 0. The molecule has 1 nitrogen and oxygen atoms in total. The van der Waals surface area contributed by atoms with Gasteiger partial charge >= 0.3 is 0 Å². The molecule has 0 N–H and O–H groups in total. The van der Waals surface area contributed by atoms with Gasteiger partial charge in [-0.2, -0.15) is 0 Å². The van der Waals surface area contributed by atoms with E-state index in [9.17, 15) is 4.79 Å². The van der Waals surface area contributed by atoms with E-state index in [1.807, 2.05) is 0 Å². The smallest absolute Gasteiger partial charge is 0.126 e. The fraction of sp³-hybridized carbons (Fsp3) is 0.875. The summed E-state index contributed by atoms with van der Waals surface area (Å²) in [6.45, 7) is 4.24. The maximum absolute atomic E-state index is 10.5. The summed E-state index contributed by atoms with van der Waals surface area (Å²) in [4.78, 5) is 10.5. The fourth-order valence-corrected chi connectivity index (χ4v) is 1.54. The van der Waals surface area contributed by atoms with Crippen LogP contribution in [-0.2, 0) is 4.79 Å². The van der Waals surface area contributed by atoms with E-state index >= 15 is 0 Å². The maximum atomic E-state index is 10.5. The molecule has 0 heterocycles. The Balaban J connectivity index is 2.66. The molecule has 0 aromatic carbocycles. The second-order valence-electron chi connectivity index (χ2n) is 3.42. The summed E-state index contributed by atoms with van der Waals surface area (Å²) in [5, 5.41) is 0. The van der Waals surface area contributed by atoms with E-state index < -0.39 is 0 Å². The summed E-state index contributed by atoms with van der Waals surface area (Å²) >= 11 is 0. The number of carbonyl (C=O) groups excluding carboxylic acids is 1. The average molecular weight is 126 g/mol. The highest BCUT2D eigenvalue weighted by Crippen LogP contribution is 2.40. The molecule has 9 heavy (non-hydrogen) atoms. The molecular formula is C8H14O. The molecule has 0 saturated heterocycles. The minimum atomic E-state index is 0.0139. The van der Waals surface area contributed by atoms with Gasteiger partial charge in [0, 0.05) is 5.41 Å². The van der Waals surface area contributed by atoms with E-state index in [0.29, 0.717) is 5.92 Å². The van der Waals surface area contributed by atoms with E-state index in [1.165, 1.54) is 12.8 Å². The topological polar surface area (TPSA) is 17.1 Å². The van der Waals surface area contributed by atoms with E-state index in [4.69, 9.17) is 0 Å². The van der Waals surface area contributed by atoms with E-state index in [1.54, 1.807) is 0 Å². The van der Waals surface area contributed by atoms with Crippen molar-refractivity contribution in [2.24, 2.45) is 11.3 Å². The third kappa shape index (κ3) is 1.00. The summed E-state index contributed by atoms with van der Waals surface area (Å²) in [6, 6.07) is 0. The first-order valence-electron chi connectivity index (χ1n) is 3.65. The Morgan fingerprint density at radius 2 is 2.33 bits per heavy atom. The van der Waals surface area contributed by atoms with Crippen LogP contribution in [0, 0.1) is 11.3 Å². The molecule has 1 aliphatic carbocycles. The predicted octanol–water partition coefficient (Wildman–Crippen LogP) is 2.01. The molecule has 1 aliphatic rings. The van der Waals surface area contributed by atoms with Crippen molar-refractivity contribution in [2.45, 2.75) is 33.1 Å². The van der Waals surface area contributed by atoms with Crippen LogP contribution in [0.25, 0.3) is 0 Å². The van der Waals surface area contributed by atoms with Crippen LogP contribution in [0.2, 0.25) is 0 Å². The third-order valence-corrected chi connectivity index (χ3v) is 2.75. The van der Waals surface area contributed by atoms with Crippen molar-refractivity contribution in [3.8, 4) is 0 Å². The lowest BCUT2D eigenvalue weighted by Crippen LogP contribution is -2.20. The molecule has 0 aromatic heterocycles. The predicted molar refractivity (Wildman–Crippen MR) is 37.2 cm³/mol. The number of hydrogen-bond donors (Lipinski definition) is 0. The maximum Gasteiger partial charge on any atom is 0.126 e. The molecule has 0 radical (unpaired) electrons. The van der Waals surface area contributed by atoms with Crippen LogP contribution < -0.4 is 0 Å². The van der Waals surface area contributed by atoms with Gasteiger partial charge in [0.25, 0.3) is 0 Å². The van der Waals surface area contributed by atoms with Crippen molar-refractivity contribution < 1.29 is 4.79 Å². The lowest BCUT2D eigenvalue weighted by molar-refractivity contribution is -0.116. The lowest BCUT2D eigenvalue weighted by Gasteiger charge is -2.20. The van der Waals surface area contributed by atoms with Crippen molar-refractivity contribution in [2.75, 3.05) is 0 Å². The second kappa shape index (κ2) is 2.13. The van der Waals surface area contributed by atoms with Gasteiger partial charge in [-0.1, -0.05) is 20.3 Å². The molecule has 0 spiro atoms. The van der Waals surface area contributed by atoms with Crippen LogP contribution >= 0.6 is 0 Å². The van der Waals surface area contributed by atoms with Gasteiger partial charge in [-0.15, -0.1) is 0 Å². The number of aldehydes is 1. The Labute approximate surface area is 56.4 Å². The summed E-state index contributed by atoms with van der Waals surface area (Å²) in [6.07, 6.45) is 4.69. The van der Waals surface area contributed by atoms with Crippen LogP contribution in [0.4, 0.5) is 0 Å². The lowest BCUT2D eigenvalue weighted by atomic mass is 9.83. The standard InChI is InChI=1S/C8H14O/c1-7-4-3-5-8(7,2)6-9/h6-7H,3-5H2,1-2H3. The first kappa shape index (κ1) is 6.79. The van der Waals surface area contributed by atoms with Gasteiger partial charge in [0.1, 0.15) is 6.29 Å². The molecule has 0 bridgehead atoms. The Kier molecular flexibility index (Phi) is 1.60. The van der Waals surface area contributed by atoms with Crippen molar-refractivity contribution in [1.29, 1.82) is 0 Å². The van der Waals surface area contributed by atoms with Crippen LogP contribution in [-0.4, -0.2) is 6.29 Å². The number of rotatable bonds is 1. The van der Waals surface area contributed by atoms with Gasteiger partial charge in [-0.3, -0.25) is 0 Å². The quantitative estimate of drug-likeness (QED) is 0.491. The van der Waals surface area contributed by atoms with Crippen LogP contribution in [0.15, 0.2) is 0 Å². The highest BCUT2D eigenvalue weighted by molar-refractivity contribution is 5.59. The largest absolute Gasteiger partial charge is 0.303 e. The van der Waals surface area contributed by atoms with Gasteiger partial charge in [0.2, 0.25) is 0 Å². The molecule has 1 fully saturated rings. The number of hydrogen-bond acceptors (Lipinski definition) is 1. The van der Waals surface area contributed by atoms with Crippen molar-refractivity contribution in [3.63, 3.8) is 0 Å². The SMILES string of the molecule is CC1CCCC1(C)C=O. The minimum Gasteiger partial charge on any atom is -0.303 e. The molecule has 2 unspecified atom stereocenters. The van der Waals surface area contributed by atoms with Gasteiger partial charge in [0.05, 0.1) is 0 Å². The van der Waals surface area contributed by atoms with Crippen LogP contribution in [0.3, 0.4) is 0 Å². The van der Waals surface area contributed by atoms with Crippen LogP contribution in [0.1, 0.15) is 33.1 Å². The Morgan fingerprint density at radius 3 is 2.56 bits per heavy atom. The average Bonchev–Trinajstić information content (AvgIpc) is 2.15. The van der Waals surface area contributed by atoms with Crippen LogP contribution in [0.5, 0.6) is 0 Å². The van der Waals surface area contributed by atoms with Crippen molar-refractivity contribution >= 4 is 6.29 Å². The number of carbonyl (C=O) groups is 1. The van der Waals surface area contributed by atoms with Gasteiger partial charge in [-0.25, -0.2) is 0 Å². The van der Waals surface area contributed by atoms with E-state index in [0.717, 1.165) is 12.7 Å².